The molecule has 0 saturated carbocycles. The molecular formula is C16H21N3O. The molecule has 0 radical (unpaired) electrons. The number of amides is 1. The summed E-state index contributed by atoms with van der Waals surface area (Å²) in [5, 5.41) is 0.983. The third kappa shape index (κ3) is 2.10. The van der Waals surface area contributed by atoms with Crippen LogP contribution >= 0.6 is 0 Å². The number of benzene rings is 1. The Balaban J connectivity index is 2.10. The van der Waals surface area contributed by atoms with Crippen LogP contribution in [-0.2, 0) is 7.05 Å². The zero-order valence-electron chi connectivity index (χ0n) is 12.1. The van der Waals surface area contributed by atoms with Crippen molar-refractivity contribution in [1.82, 2.24) is 9.47 Å². The van der Waals surface area contributed by atoms with Gasteiger partial charge in [0.1, 0.15) is 0 Å². The number of primary amides is 1. The van der Waals surface area contributed by atoms with Crippen LogP contribution in [0.1, 0.15) is 34.7 Å². The first kappa shape index (κ1) is 13.2. The minimum atomic E-state index is -0.351. The number of carbonyl (C=O) groups excluding carboxylic acids is 1. The van der Waals surface area contributed by atoms with Gasteiger partial charge in [-0.05, 0) is 44.5 Å². The Morgan fingerprint density at radius 1 is 1.25 bits per heavy atom. The van der Waals surface area contributed by atoms with Crippen molar-refractivity contribution >= 4 is 16.8 Å². The Morgan fingerprint density at radius 3 is 2.60 bits per heavy atom. The predicted octanol–water partition coefficient (Wildman–Crippen LogP) is 2.09. The summed E-state index contributed by atoms with van der Waals surface area (Å²) in [6, 6.07) is 6.24. The van der Waals surface area contributed by atoms with Gasteiger partial charge in [-0.1, -0.05) is 18.2 Å². The van der Waals surface area contributed by atoms with Gasteiger partial charge in [-0.15, -0.1) is 0 Å². The maximum absolute atomic E-state index is 11.6. The highest BCUT2D eigenvalue weighted by Gasteiger charge is 2.22. The van der Waals surface area contributed by atoms with Gasteiger partial charge in [-0.3, -0.25) is 4.79 Å². The smallest absolute Gasteiger partial charge is 0.250 e. The van der Waals surface area contributed by atoms with Gasteiger partial charge in [0.05, 0.1) is 11.1 Å². The van der Waals surface area contributed by atoms with E-state index in [2.05, 4.69) is 18.0 Å². The van der Waals surface area contributed by atoms with E-state index in [1.54, 1.807) is 0 Å². The number of para-hydroxylation sites is 1. The highest BCUT2D eigenvalue weighted by atomic mass is 16.1. The van der Waals surface area contributed by atoms with E-state index in [4.69, 9.17) is 5.73 Å². The number of fused-ring (bicyclic) bond motifs is 1. The van der Waals surface area contributed by atoms with E-state index < -0.39 is 0 Å². The van der Waals surface area contributed by atoms with Crippen LogP contribution in [0.2, 0.25) is 0 Å². The molecule has 1 aliphatic rings. The predicted molar refractivity (Wildman–Crippen MR) is 80.9 cm³/mol. The lowest BCUT2D eigenvalue weighted by Crippen LogP contribution is -2.29. The van der Waals surface area contributed by atoms with E-state index in [9.17, 15) is 4.79 Å². The maximum atomic E-state index is 11.6. The summed E-state index contributed by atoms with van der Waals surface area (Å²) in [7, 11) is 4.16. The standard InChI is InChI=1S/C16H21N3O/c1-18-8-6-11(7-9-18)12-4-3-5-13-14(16(17)20)10-19(2)15(12)13/h3-5,10-11H,6-9H2,1-2H3,(H2,17,20). The monoisotopic (exact) mass is 271 g/mol. The normalized spacial score (nSPS) is 17.7. The molecule has 1 aromatic carbocycles. The number of aryl methyl sites for hydroxylation is 1. The van der Waals surface area contributed by atoms with E-state index in [0.29, 0.717) is 11.5 Å². The minimum absolute atomic E-state index is 0.351. The van der Waals surface area contributed by atoms with Gasteiger partial charge < -0.3 is 15.2 Å². The minimum Gasteiger partial charge on any atom is -0.366 e. The molecule has 106 valence electrons. The number of hydrogen-bond acceptors (Lipinski definition) is 2. The average molecular weight is 271 g/mol. The third-order valence-corrected chi connectivity index (χ3v) is 4.46. The van der Waals surface area contributed by atoms with Crippen molar-refractivity contribution in [3.63, 3.8) is 0 Å². The summed E-state index contributed by atoms with van der Waals surface area (Å²) in [6.07, 6.45) is 4.20. The number of piperidine rings is 1. The number of hydrogen-bond donors (Lipinski definition) is 1. The largest absolute Gasteiger partial charge is 0.366 e. The first-order valence-electron chi connectivity index (χ1n) is 7.14. The zero-order valence-corrected chi connectivity index (χ0v) is 12.1. The molecule has 1 aliphatic heterocycles. The van der Waals surface area contributed by atoms with Gasteiger partial charge in [-0.2, -0.15) is 0 Å². The summed E-state index contributed by atoms with van der Waals surface area (Å²) in [5.41, 5.74) is 8.62. The molecule has 1 saturated heterocycles. The van der Waals surface area contributed by atoms with E-state index in [1.165, 1.54) is 18.4 Å². The van der Waals surface area contributed by atoms with Crippen LogP contribution in [0.4, 0.5) is 0 Å². The molecule has 1 amide bonds. The van der Waals surface area contributed by atoms with E-state index in [1.807, 2.05) is 29.9 Å². The molecule has 0 spiro atoms. The first-order valence-corrected chi connectivity index (χ1v) is 7.14. The molecule has 0 bridgehead atoms. The Bertz CT molecular complexity index is 651. The Morgan fingerprint density at radius 2 is 1.95 bits per heavy atom. The van der Waals surface area contributed by atoms with Gasteiger partial charge in [-0.25, -0.2) is 0 Å². The number of nitrogens with zero attached hydrogens (tertiary/aromatic N) is 2. The molecule has 4 heteroatoms. The van der Waals surface area contributed by atoms with Crippen molar-refractivity contribution in [2.75, 3.05) is 20.1 Å². The molecule has 0 atom stereocenters. The second-order valence-corrected chi connectivity index (χ2v) is 5.84. The van der Waals surface area contributed by atoms with Crippen LogP contribution < -0.4 is 5.73 Å². The van der Waals surface area contributed by atoms with Crippen LogP contribution in [0.3, 0.4) is 0 Å². The molecular weight excluding hydrogens is 250 g/mol. The van der Waals surface area contributed by atoms with Crippen LogP contribution in [0.25, 0.3) is 10.9 Å². The Labute approximate surface area is 119 Å². The fourth-order valence-corrected chi connectivity index (χ4v) is 3.35. The van der Waals surface area contributed by atoms with Crippen molar-refractivity contribution in [3.05, 3.63) is 35.5 Å². The molecule has 2 heterocycles. The molecule has 3 rings (SSSR count). The quantitative estimate of drug-likeness (QED) is 0.909. The molecule has 0 aliphatic carbocycles. The molecule has 1 fully saturated rings. The van der Waals surface area contributed by atoms with Crippen LogP contribution in [-0.4, -0.2) is 35.5 Å². The number of aromatic nitrogens is 1. The second kappa shape index (κ2) is 4.94. The van der Waals surface area contributed by atoms with Gasteiger partial charge in [0.25, 0.3) is 5.91 Å². The number of rotatable bonds is 2. The molecule has 2 N–H and O–H groups in total. The lowest BCUT2D eigenvalue weighted by atomic mass is 9.88. The second-order valence-electron chi connectivity index (χ2n) is 5.84. The van der Waals surface area contributed by atoms with Crippen LogP contribution in [0.15, 0.2) is 24.4 Å². The summed E-state index contributed by atoms with van der Waals surface area (Å²) < 4.78 is 2.04. The van der Waals surface area contributed by atoms with Gasteiger partial charge in [0, 0.05) is 18.6 Å². The SMILES string of the molecule is CN1CCC(c2cccc3c(C(N)=O)cn(C)c23)CC1. The lowest BCUT2D eigenvalue weighted by Gasteiger charge is -2.29. The number of likely N-dealkylation sites (tertiary alicyclic amines) is 1. The van der Waals surface area contributed by atoms with Crippen molar-refractivity contribution in [2.45, 2.75) is 18.8 Å². The Kier molecular flexibility index (Phi) is 3.26. The summed E-state index contributed by atoms with van der Waals surface area (Å²) in [6.45, 7) is 2.27. The van der Waals surface area contributed by atoms with Crippen molar-refractivity contribution < 1.29 is 4.79 Å². The fourth-order valence-electron chi connectivity index (χ4n) is 3.35. The van der Waals surface area contributed by atoms with Gasteiger partial charge in [0.15, 0.2) is 0 Å². The van der Waals surface area contributed by atoms with Crippen molar-refractivity contribution in [2.24, 2.45) is 12.8 Å². The maximum Gasteiger partial charge on any atom is 0.250 e. The first-order chi connectivity index (χ1) is 9.58. The summed E-state index contributed by atoms with van der Waals surface area (Å²) in [4.78, 5) is 13.9. The summed E-state index contributed by atoms with van der Waals surface area (Å²) in [5.74, 6) is 0.223. The molecule has 1 aromatic heterocycles. The average Bonchev–Trinajstić information content (AvgIpc) is 2.78. The molecule has 0 unspecified atom stereocenters. The zero-order chi connectivity index (χ0) is 14.3. The van der Waals surface area contributed by atoms with Crippen LogP contribution in [0.5, 0.6) is 0 Å². The van der Waals surface area contributed by atoms with Gasteiger partial charge >= 0.3 is 0 Å². The fraction of sp³-hybridized carbons (Fsp3) is 0.438. The molecule has 4 nitrogen and oxygen atoms in total. The lowest BCUT2D eigenvalue weighted by molar-refractivity contribution is 0.100. The number of nitrogens with two attached hydrogens (primary N) is 1. The summed E-state index contributed by atoms with van der Waals surface area (Å²) >= 11 is 0. The Hall–Kier alpha value is -1.81. The van der Waals surface area contributed by atoms with E-state index in [-0.39, 0.29) is 5.91 Å². The van der Waals surface area contributed by atoms with Crippen molar-refractivity contribution in [1.29, 1.82) is 0 Å². The van der Waals surface area contributed by atoms with E-state index >= 15 is 0 Å². The van der Waals surface area contributed by atoms with Gasteiger partial charge in [0.2, 0.25) is 0 Å². The highest BCUT2D eigenvalue weighted by molar-refractivity contribution is 6.07. The molecule has 2 aromatic rings. The highest BCUT2D eigenvalue weighted by Crippen LogP contribution is 2.34. The van der Waals surface area contributed by atoms with E-state index in [0.717, 1.165) is 24.0 Å². The van der Waals surface area contributed by atoms with Crippen molar-refractivity contribution in [3.8, 4) is 0 Å². The van der Waals surface area contributed by atoms with Crippen LogP contribution in [0, 0.1) is 0 Å². The number of carbonyl (C=O) groups is 1. The third-order valence-electron chi connectivity index (χ3n) is 4.46. The molecule has 20 heavy (non-hydrogen) atoms. The topological polar surface area (TPSA) is 51.3 Å².